The summed E-state index contributed by atoms with van der Waals surface area (Å²) in [4.78, 5) is 11.5. The third kappa shape index (κ3) is 5.94. The molecular formula is C14H20ClNO3. The summed E-state index contributed by atoms with van der Waals surface area (Å²) in [5, 5.41) is 12.5. The molecule has 0 saturated heterocycles. The number of rotatable bonds is 7. The van der Waals surface area contributed by atoms with Crippen LogP contribution < -0.4 is 5.32 Å². The molecule has 0 aliphatic rings. The minimum atomic E-state index is -0.809. The summed E-state index contributed by atoms with van der Waals surface area (Å²) in [7, 11) is 0. The van der Waals surface area contributed by atoms with Crippen LogP contribution in [0.1, 0.15) is 18.9 Å². The number of amides is 1. The van der Waals surface area contributed by atoms with Crippen LogP contribution in [-0.2, 0) is 11.2 Å². The Hall–Kier alpha value is -1.26. The van der Waals surface area contributed by atoms with Gasteiger partial charge in [0, 0.05) is 0 Å². The molecular weight excluding hydrogens is 266 g/mol. The largest absolute Gasteiger partial charge is 0.450 e. The number of carbonyl (C=O) groups is 1. The summed E-state index contributed by atoms with van der Waals surface area (Å²) in [6.45, 7) is 2.28. The van der Waals surface area contributed by atoms with Crippen molar-refractivity contribution < 1.29 is 14.6 Å². The lowest BCUT2D eigenvalue weighted by atomic mass is 10.0. The molecule has 0 spiro atoms. The number of benzene rings is 1. The first-order valence-electron chi connectivity index (χ1n) is 6.38. The molecule has 1 aromatic rings. The van der Waals surface area contributed by atoms with Crippen LogP contribution in [0.25, 0.3) is 0 Å². The minimum absolute atomic E-state index is 0.0611. The second kappa shape index (κ2) is 8.77. The van der Waals surface area contributed by atoms with Crippen molar-refractivity contribution in [2.45, 2.75) is 31.9 Å². The van der Waals surface area contributed by atoms with Gasteiger partial charge in [-0.3, -0.25) is 0 Å². The van der Waals surface area contributed by atoms with E-state index in [1.807, 2.05) is 37.3 Å². The Morgan fingerprint density at radius 3 is 2.68 bits per heavy atom. The number of aliphatic hydroxyl groups excluding tert-OH is 1. The van der Waals surface area contributed by atoms with Crippen molar-refractivity contribution in [2.24, 2.45) is 0 Å². The van der Waals surface area contributed by atoms with Gasteiger partial charge >= 0.3 is 6.09 Å². The third-order valence-corrected chi connectivity index (χ3v) is 2.98. The van der Waals surface area contributed by atoms with Gasteiger partial charge in [-0.05, 0) is 18.4 Å². The van der Waals surface area contributed by atoms with E-state index in [-0.39, 0.29) is 5.88 Å². The zero-order chi connectivity index (χ0) is 14.1. The molecule has 5 heteroatoms. The van der Waals surface area contributed by atoms with Gasteiger partial charge in [-0.2, -0.15) is 0 Å². The molecule has 106 valence electrons. The van der Waals surface area contributed by atoms with E-state index in [1.165, 1.54) is 0 Å². The van der Waals surface area contributed by atoms with E-state index in [9.17, 15) is 9.90 Å². The number of carbonyl (C=O) groups excluding carboxylic acids is 1. The van der Waals surface area contributed by atoms with E-state index in [0.717, 1.165) is 12.0 Å². The quantitative estimate of drug-likeness (QED) is 0.756. The Kier molecular flexibility index (Phi) is 7.30. The molecule has 0 saturated carbocycles. The molecule has 0 bridgehead atoms. The van der Waals surface area contributed by atoms with Gasteiger partial charge in [-0.25, -0.2) is 4.79 Å². The molecule has 1 amide bonds. The average Bonchev–Trinajstić information content (AvgIpc) is 2.44. The predicted molar refractivity (Wildman–Crippen MR) is 75.4 cm³/mol. The van der Waals surface area contributed by atoms with E-state index in [2.05, 4.69) is 5.32 Å². The molecule has 0 aromatic heterocycles. The van der Waals surface area contributed by atoms with Crippen LogP contribution in [0.15, 0.2) is 30.3 Å². The van der Waals surface area contributed by atoms with Gasteiger partial charge in [0.05, 0.1) is 24.6 Å². The van der Waals surface area contributed by atoms with E-state index in [0.29, 0.717) is 13.0 Å². The summed E-state index contributed by atoms with van der Waals surface area (Å²) in [6.07, 6.45) is -0.0619. The van der Waals surface area contributed by atoms with Crippen molar-refractivity contribution >= 4 is 17.7 Å². The second-order valence-corrected chi connectivity index (χ2v) is 4.61. The van der Waals surface area contributed by atoms with Gasteiger partial charge in [0.25, 0.3) is 0 Å². The summed E-state index contributed by atoms with van der Waals surface area (Å²) in [6, 6.07) is 9.16. The van der Waals surface area contributed by atoms with Crippen LogP contribution >= 0.6 is 11.6 Å². The molecule has 2 N–H and O–H groups in total. The number of alkyl halides is 1. The number of halogens is 1. The lowest BCUT2D eigenvalue weighted by molar-refractivity contribution is 0.114. The molecule has 1 aromatic carbocycles. The SMILES string of the molecule is CCCOC(=O)N[C@@H](Cc1ccccc1)[C@H](O)CCl. The molecule has 0 radical (unpaired) electrons. The molecule has 0 heterocycles. The standard InChI is InChI=1S/C14H20ClNO3/c1-2-8-19-14(18)16-12(13(17)10-15)9-11-6-4-3-5-7-11/h3-7,12-13,17H,2,8-10H2,1H3,(H,16,18)/t12-,13+/m0/s1. The first-order valence-corrected chi connectivity index (χ1v) is 6.92. The molecule has 0 aliphatic heterocycles. The smallest absolute Gasteiger partial charge is 0.407 e. The lowest BCUT2D eigenvalue weighted by Gasteiger charge is -2.22. The molecule has 0 aliphatic carbocycles. The highest BCUT2D eigenvalue weighted by molar-refractivity contribution is 6.18. The van der Waals surface area contributed by atoms with Gasteiger partial charge in [-0.1, -0.05) is 37.3 Å². The van der Waals surface area contributed by atoms with E-state index in [4.69, 9.17) is 16.3 Å². The zero-order valence-corrected chi connectivity index (χ0v) is 11.8. The number of ether oxygens (including phenoxy) is 1. The fourth-order valence-electron chi connectivity index (χ4n) is 1.65. The van der Waals surface area contributed by atoms with Crippen molar-refractivity contribution in [3.8, 4) is 0 Å². The number of hydrogen-bond acceptors (Lipinski definition) is 3. The van der Waals surface area contributed by atoms with Gasteiger partial charge in [0.2, 0.25) is 0 Å². The van der Waals surface area contributed by atoms with Crippen LogP contribution in [0.2, 0.25) is 0 Å². The summed E-state index contributed by atoms with van der Waals surface area (Å²) < 4.78 is 4.95. The highest BCUT2D eigenvalue weighted by atomic mass is 35.5. The second-order valence-electron chi connectivity index (χ2n) is 4.30. The molecule has 1 rings (SSSR count). The Morgan fingerprint density at radius 2 is 2.11 bits per heavy atom. The molecule has 0 fully saturated rings. The van der Waals surface area contributed by atoms with Crippen LogP contribution in [0.4, 0.5) is 4.79 Å². The Labute approximate surface area is 118 Å². The lowest BCUT2D eigenvalue weighted by Crippen LogP contribution is -2.45. The van der Waals surface area contributed by atoms with Gasteiger partial charge in [-0.15, -0.1) is 11.6 Å². The van der Waals surface area contributed by atoms with Gasteiger partial charge in [0.15, 0.2) is 0 Å². The summed E-state index contributed by atoms with van der Waals surface area (Å²) in [5.41, 5.74) is 1.02. The average molecular weight is 286 g/mol. The monoisotopic (exact) mass is 285 g/mol. The van der Waals surface area contributed by atoms with Crippen LogP contribution in [0.5, 0.6) is 0 Å². The van der Waals surface area contributed by atoms with Gasteiger partial charge in [0.1, 0.15) is 0 Å². The molecule has 0 unspecified atom stereocenters. The van der Waals surface area contributed by atoms with E-state index >= 15 is 0 Å². The maximum atomic E-state index is 11.5. The highest BCUT2D eigenvalue weighted by Gasteiger charge is 2.21. The van der Waals surface area contributed by atoms with E-state index in [1.54, 1.807) is 0 Å². The first-order chi connectivity index (χ1) is 9.17. The number of nitrogens with one attached hydrogen (secondary N) is 1. The van der Waals surface area contributed by atoms with Crippen LogP contribution in [-0.4, -0.2) is 35.8 Å². The van der Waals surface area contributed by atoms with Crippen molar-refractivity contribution in [2.75, 3.05) is 12.5 Å². The molecule has 19 heavy (non-hydrogen) atoms. The number of hydrogen-bond donors (Lipinski definition) is 2. The summed E-state index contributed by atoms with van der Waals surface area (Å²) >= 11 is 5.66. The van der Waals surface area contributed by atoms with E-state index < -0.39 is 18.2 Å². The number of aliphatic hydroxyl groups is 1. The fraction of sp³-hybridized carbons (Fsp3) is 0.500. The number of alkyl carbamates (subject to hydrolysis) is 1. The highest BCUT2D eigenvalue weighted by Crippen LogP contribution is 2.08. The summed E-state index contributed by atoms with van der Waals surface area (Å²) in [5.74, 6) is 0.0611. The predicted octanol–water partition coefficient (Wildman–Crippen LogP) is 2.33. The van der Waals surface area contributed by atoms with Crippen molar-refractivity contribution in [3.63, 3.8) is 0 Å². The Bertz CT molecular complexity index is 372. The van der Waals surface area contributed by atoms with Crippen molar-refractivity contribution in [1.29, 1.82) is 0 Å². The molecule has 2 atom stereocenters. The van der Waals surface area contributed by atoms with Gasteiger partial charge < -0.3 is 15.2 Å². The van der Waals surface area contributed by atoms with Crippen molar-refractivity contribution in [1.82, 2.24) is 5.32 Å². The minimum Gasteiger partial charge on any atom is -0.450 e. The fourth-order valence-corrected chi connectivity index (χ4v) is 1.86. The molecule has 4 nitrogen and oxygen atoms in total. The normalized spacial score (nSPS) is 13.6. The Morgan fingerprint density at radius 1 is 1.42 bits per heavy atom. The van der Waals surface area contributed by atoms with Crippen LogP contribution in [0, 0.1) is 0 Å². The topological polar surface area (TPSA) is 58.6 Å². The maximum absolute atomic E-state index is 11.5. The third-order valence-electron chi connectivity index (χ3n) is 2.66. The zero-order valence-electron chi connectivity index (χ0n) is 11.0. The Balaban J connectivity index is 2.59. The van der Waals surface area contributed by atoms with Crippen molar-refractivity contribution in [3.05, 3.63) is 35.9 Å². The first kappa shape index (κ1) is 15.8. The maximum Gasteiger partial charge on any atom is 0.407 e. The van der Waals surface area contributed by atoms with Crippen LogP contribution in [0.3, 0.4) is 0 Å².